The average Bonchev–Trinajstić information content (AvgIpc) is 2.72. The van der Waals surface area contributed by atoms with Crippen LogP contribution in [0.25, 0.3) is 15.9 Å². The molecule has 124 valence electrons. The van der Waals surface area contributed by atoms with Crippen LogP contribution in [-0.4, -0.2) is 9.55 Å². The van der Waals surface area contributed by atoms with Crippen LogP contribution in [0.5, 0.6) is 0 Å². The van der Waals surface area contributed by atoms with Crippen molar-refractivity contribution in [3.05, 3.63) is 54.4 Å². The number of thiophene rings is 1. The van der Waals surface area contributed by atoms with E-state index in [9.17, 15) is 4.79 Å². The van der Waals surface area contributed by atoms with Crippen LogP contribution in [0, 0.1) is 11.7 Å². The molecule has 6 heteroatoms. The highest BCUT2D eigenvalue weighted by Crippen LogP contribution is 2.33. The summed E-state index contributed by atoms with van der Waals surface area (Å²) < 4.78 is 1.99. The zero-order valence-electron chi connectivity index (χ0n) is 13.3. The smallest absolute Gasteiger partial charge is 0.267 e. The van der Waals surface area contributed by atoms with E-state index in [1.807, 2.05) is 19.1 Å². The SMILES string of the molecule is Cc1ccc(-n2c(=S)[nH]c3sc4c(c3c2=O)CCCCC4)cc1Cl. The summed E-state index contributed by atoms with van der Waals surface area (Å²) in [5, 5.41) is 1.44. The fourth-order valence-electron chi connectivity index (χ4n) is 3.37. The first-order valence-corrected chi connectivity index (χ1v) is 9.72. The van der Waals surface area contributed by atoms with Crippen LogP contribution in [0.2, 0.25) is 5.02 Å². The van der Waals surface area contributed by atoms with Gasteiger partial charge in [-0.25, -0.2) is 0 Å². The van der Waals surface area contributed by atoms with E-state index in [2.05, 4.69) is 4.98 Å². The maximum absolute atomic E-state index is 13.2. The monoisotopic (exact) mass is 376 g/mol. The summed E-state index contributed by atoms with van der Waals surface area (Å²) >= 11 is 13.4. The maximum atomic E-state index is 13.2. The van der Waals surface area contributed by atoms with Crippen LogP contribution >= 0.6 is 35.2 Å². The maximum Gasteiger partial charge on any atom is 0.267 e. The molecule has 2 heterocycles. The van der Waals surface area contributed by atoms with E-state index >= 15 is 0 Å². The van der Waals surface area contributed by atoms with Crippen LogP contribution in [0.3, 0.4) is 0 Å². The lowest BCUT2D eigenvalue weighted by atomic mass is 10.1. The molecule has 0 radical (unpaired) electrons. The number of fused-ring (bicyclic) bond motifs is 3. The largest absolute Gasteiger partial charge is 0.323 e. The molecule has 0 aliphatic heterocycles. The Bertz CT molecular complexity index is 1060. The van der Waals surface area contributed by atoms with Crippen molar-refractivity contribution in [2.45, 2.75) is 39.0 Å². The number of halogens is 1. The summed E-state index contributed by atoms with van der Waals surface area (Å²) in [5.41, 5.74) is 2.88. The quantitative estimate of drug-likeness (QED) is 0.459. The minimum absolute atomic E-state index is 0.0342. The van der Waals surface area contributed by atoms with Gasteiger partial charge in [0.1, 0.15) is 4.83 Å². The predicted molar refractivity (Wildman–Crippen MR) is 104 cm³/mol. The lowest BCUT2D eigenvalue weighted by molar-refractivity contribution is 0.713. The number of rotatable bonds is 1. The minimum Gasteiger partial charge on any atom is -0.323 e. The third-order valence-electron chi connectivity index (χ3n) is 4.68. The summed E-state index contributed by atoms with van der Waals surface area (Å²) in [4.78, 5) is 18.7. The molecule has 0 spiro atoms. The highest BCUT2D eigenvalue weighted by molar-refractivity contribution is 7.71. The summed E-state index contributed by atoms with van der Waals surface area (Å²) in [6.45, 7) is 1.94. The summed E-state index contributed by atoms with van der Waals surface area (Å²) in [6.07, 6.45) is 5.61. The molecule has 1 aromatic carbocycles. The van der Waals surface area contributed by atoms with Crippen molar-refractivity contribution in [2.75, 3.05) is 0 Å². The van der Waals surface area contributed by atoms with Gasteiger partial charge in [-0.05, 0) is 68.1 Å². The van der Waals surface area contributed by atoms with Gasteiger partial charge in [0.15, 0.2) is 4.77 Å². The molecular weight excluding hydrogens is 360 g/mol. The Balaban J connectivity index is 2.03. The second kappa shape index (κ2) is 6.14. The molecule has 24 heavy (non-hydrogen) atoms. The van der Waals surface area contributed by atoms with Gasteiger partial charge in [0.2, 0.25) is 0 Å². The van der Waals surface area contributed by atoms with Gasteiger partial charge in [-0.3, -0.25) is 9.36 Å². The number of aromatic amines is 1. The molecule has 4 rings (SSSR count). The van der Waals surface area contributed by atoms with E-state index in [1.54, 1.807) is 22.0 Å². The van der Waals surface area contributed by atoms with Gasteiger partial charge < -0.3 is 4.98 Å². The van der Waals surface area contributed by atoms with E-state index in [1.165, 1.54) is 23.3 Å². The summed E-state index contributed by atoms with van der Waals surface area (Å²) in [6, 6.07) is 5.61. The Hall–Kier alpha value is -1.43. The normalized spacial score (nSPS) is 14.6. The summed E-state index contributed by atoms with van der Waals surface area (Å²) in [7, 11) is 0. The van der Waals surface area contributed by atoms with Crippen LogP contribution in [0.15, 0.2) is 23.0 Å². The first-order chi connectivity index (χ1) is 11.6. The topological polar surface area (TPSA) is 37.8 Å². The molecule has 2 aromatic heterocycles. The molecule has 0 bridgehead atoms. The Labute approximate surface area is 153 Å². The molecule has 0 amide bonds. The number of aryl methyl sites for hydroxylation is 3. The number of nitrogens with zero attached hydrogens (tertiary/aromatic N) is 1. The van der Waals surface area contributed by atoms with Crippen molar-refractivity contribution in [3.63, 3.8) is 0 Å². The van der Waals surface area contributed by atoms with Crippen molar-refractivity contribution >= 4 is 45.4 Å². The van der Waals surface area contributed by atoms with Crippen molar-refractivity contribution < 1.29 is 0 Å². The molecule has 3 aromatic rings. The molecule has 1 aliphatic carbocycles. The van der Waals surface area contributed by atoms with Gasteiger partial charge in [-0.1, -0.05) is 24.1 Å². The minimum atomic E-state index is -0.0342. The Morgan fingerprint density at radius 3 is 2.83 bits per heavy atom. The molecule has 1 N–H and O–H groups in total. The van der Waals surface area contributed by atoms with Gasteiger partial charge in [-0.2, -0.15) is 0 Å². The molecule has 0 unspecified atom stereocenters. The first-order valence-electron chi connectivity index (χ1n) is 8.12. The average molecular weight is 377 g/mol. The van der Waals surface area contributed by atoms with Crippen molar-refractivity contribution in [3.8, 4) is 5.69 Å². The van der Waals surface area contributed by atoms with Crippen molar-refractivity contribution in [1.29, 1.82) is 0 Å². The zero-order valence-corrected chi connectivity index (χ0v) is 15.7. The Kier molecular flexibility index (Phi) is 4.11. The van der Waals surface area contributed by atoms with Crippen molar-refractivity contribution in [2.24, 2.45) is 0 Å². The zero-order chi connectivity index (χ0) is 16.8. The number of benzene rings is 1. The fourth-order valence-corrected chi connectivity index (χ4v) is 5.18. The Morgan fingerprint density at radius 1 is 1.25 bits per heavy atom. The number of aromatic nitrogens is 2. The van der Waals surface area contributed by atoms with E-state index in [4.69, 9.17) is 23.8 Å². The van der Waals surface area contributed by atoms with Gasteiger partial charge in [0.05, 0.1) is 11.1 Å². The molecule has 1 aliphatic rings. The molecule has 0 atom stereocenters. The van der Waals surface area contributed by atoms with E-state index in [0.29, 0.717) is 15.5 Å². The lowest BCUT2D eigenvalue weighted by Crippen LogP contribution is -2.20. The van der Waals surface area contributed by atoms with Gasteiger partial charge in [-0.15, -0.1) is 11.3 Å². The highest BCUT2D eigenvalue weighted by atomic mass is 35.5. The van der Waals surface area contributed by atoms with E-state index in [-0.39, 0.29) is 5.56 Å². The third-order valence-corrected chi connectivity index (χ3v) is 6.57. The first kappa shape index (κ1) is 16.1. The Morgan fingerprint density at radius 2 is 2.04 bits per heavy atom. The van der Waals surface area contributed by atoms with Crippen LogP contribution in [0.1, 0.15) is 35.3 Å². The van der Waals surface area contributed by atoms with Gasteiger partial charge in [0.25, 0.3) is 5.56 Å². The number of hydrogen-bond acceptors (Lipinski definition) is 3. The number of hydrogen-bond donors (Lipinski definition) is 1. The van der Waals surface area contributed by atoms with Crippen LogP contribution in [0.4, 0.5) is 0 Å². The summed E-state index contributed by atoms with van der Waals surface area (Å²) in [5.74, 6) is 0. The van der Waals surface area contributed by atoms with E-state index in [0.717, 1.165) is 35.0 Å². The lowest BCUT2D eigenvalue weighted by Gasteiger charge is -2.09. The van der Waals surface area contributed by atoms with Crippen LogP contribution < -0.4 is 5.56 Å². The van der Waals surface area contributed by atoms with Crippen molar-refractivity contribution in [1.82, 2.24) is 9.55 Å². The fraction of sp³-hybridized carbons (Fsp3) is 0.333. The third kappa shape index (κ3) is 2.55. The van der Waals surface area contributed by atoms with Gasteiger partial charge >= 0.3 is 0 Å². The highest BCUT2D eigenvalue weighted by Gasteiger charge is 2.20. The standard InChI is InChI=1S/C18H17ClN2OS2/c1-10-7-8-11(9-13(10)19)21-17(22)15-12-5-3-2-4-6-14(12)24-16(15)20-18(21)23/h7-9H,2-6H2,1H3,(H,20,23). The molecule has 0 saturated carbocycles. The van der Waals surface area contributed by atoms with Crippen LogP contribution in [-0.2, 0) is 12.8 Å². The second-order valence-electron chi connectivity index (χ2n) is 6.27. The second-order valence-corrected chi connectivity index (χ2v) is 8.17. The molecule has 3 nitrogen and oxygen atoms in total. The molecular formula is C18H17ClN2OS2. The number of nitrogens with one attached hydrogen (secondary N) is 1. The van der Waals surface area contributed by atoms with Gasteiger partial charge in [0, 0.05) is 9.90 Å². The molecule has 0 saturated heterocycles. The molecule has 0 fully saturated rings. The van der Waals surface area contributed by atoms with E-state index < -0.39 is 0 Å². The predicted octanol–water partition coefficient (Wildman–Crippen LogP) is 5.34. The number of H-pyrrole nitrogens is 1.